The number of methoxy groups -OCH3 is 2. The highest BCUT2D eigenvalue weighted by atomic mass is 16.5. The number of rotatable bonds is 8. The molecule has 0 spiro atoms. The lowest BCUT2D eigenvalue weighted by Crippen LogP contribution is -2.21. The Kier molecular flexibility index (Phi) is 6.53. The maximum absolute atomic E-state index is 12.0. The number of benzene rings is 2. The Labute approximate surface area is 164 Å². The van der Waals surface area contributed by atoms with E-state index in [2.05, 4.69) is 5.32 Å². The molecule has 2 aromatic carbocycles. The van der Waals surface area contributed by atoms with Gasteiger partial charge in [-0.1, -0.05) is 12.1 Å². The van der Waals surface area contributed by atoms with Gasteiger partial charge >= 0.3 is 5.97 Å². The van der Waals surface area contributed by atoms with E-state index in [1.54, 1.807) is 20.3 Å². The van der Waals surface area contributed by atoms with Crippen LogP contribution in [-0.2, 0) is 33.6 Å². The molecule has 0 fully saturated rings. The number of aryl methyl sites for hydroxylation is 3. The third kappa shape index (κ3) is 5.03. The monoisotopic (exact) mass is 383 g/mol. The lowest BCUT2D eigenvalue weighted by Gasteiger charge is -2.10. The molecule has 1 N–H and O–H groups in total. The minimum absolute atomic E-state index is 0.182. The normalized spacial score (nSPS) is 12.2. The first-order valence-electron chi connectivity index (χ1n) is 9.37. The standard InChI is InChI=1S/C22H25NO5/c1-26-19-10-6-15(12-20(19)27-2)7-11-22(25)28-14-21(24)23-18-9-8-16-4-3-5-17(16)13-18/h6,8-10,12-13H,3-5,7,11,14H2,1-2H3,(H,23,24). The number of anilines is 1. The molecule has 6 heteroatoms. The summed E-state index contributed by atoms with van der Waals surface area (Å²) in [6.07, 6.45) is 3.98. The third-order valence-electron chi connectivity index (χ3n) is 4.81. The van der Waals surface area contributed by atoms with E-state index >= 15 is 0 Å². The van der Waals surface area contributed by atoms with E-state index in [1.165, 1.54) is 11.1 Å². The molecule has 0 aliphatic heterocycles. The van der Waals surface area contributed by atoms with Gasteiger partial charge in [0, 0.05) is 12.1 Å². The molecule has 0 bridgehead atoms. The van der Waals surface area contributed by atoms with Gasteiger partial charge in [-0.25, -0.2) is 0 Å². The smallest absolute Gasteiger partial charge is 0.306 e. The van der Waals surface area contributed by atoms with E-state index in [0.29, 0.717) is 17.9 Å². The molecule has 0 unspecified atom stereocenters. The van der Waals surface area contributed by atoms with E-state index in [4.69, 9.17) is 14.2 Å². The zero-order valence-corrected chi connectivity index (χ0v) is 16.2. The minimum Gasteiger partial charge on any atom is -0.493 e. The van der Waals surface area contributed by atoms with Crippen LogP contribution in [0.5, 0.6) is 11.5 Å². The Balaban J connectivity index is 1.43. The summed E-state index contributed by atoms with van der Waals surface area (Å²) in [7, 11) is 3.14. The van der Waals surface area contributed by atoms with E-state index < -0.39 is 5.97 Å². The summed E-state index contributed by atoms with van der Waals surface area (Å²) in [5.74, 6) is 0.496. The second-order valence-electron chi connectivity index (χ2n) is 6.74. The van der Waals surface area contributed by atoms with Crippen LogP contribution in [0, 0.1) is 0 Å². The van der Waals surface area contributed by atoms with E-state index in [1.807, 2.05) is 30.3 Å². The number of fused-ring (bicyclic) bond motifs is 1. The van der Waals surface area contributed by atoms with Crippen molar-refractivity contribution in [2.24, 2.45) is 0 Å². The maximum Gasteiger partial charge on any atom is 0.306 e. The molecule has 28 heavy (non-hydrogen) atoms. The molecule has 0 saturated carbocycles. The van der Waals surface area contributed by atoms with Crippen molar-refractivity contribution in [3.8, 4) is 11.5 Å². The fourth-order valence-corrected chi connectivity index (χ4v) is 3.35. The number of nitrogens with one attached hydrogen (secondary N) is 1. The highest BCUT2D eigenvalue weighted by Crippen LogP contribution is 2.28. The third-order valence-corrected chi connectivity index (χ3v) is 4.81. The zero-order chi connectivity index (χ0) is 19.9. The Hall–Kier alpha value is -3.02. The van der Waals surface area contributed by atoms with Crippen LogP contribution in [0.1, 0.15) is 29.5 Å². The van der Waals surface area contributed by atoms with E-state index in [0.717, 1.165) is 30.5 Å². The highest BCUT2D eigenvalue weighted by Gasteiger charge is 2.13. The Morgan fingerprint density at radius 1 is 0.964 bits per heavy atom. The van der Waals surface area contributed by atoms with E-state index in [-0.39, 0.29) is 18.9 Å². The zero-order valence-electron chi connectivity index (χ0n) is 16.2. The van der Waals surface area contributed by atoms with Gasteiger partial charge in [-0.2, -0.15) is 0 Å². The number of esters is 1. The average molecular weight is 383 g/mol. The molecule has 1 aliphatic carbocycles. The van der Waals surface area contributed by atoms with Gasteiger partial charge in [0.25, 0.3) is 5.91 Å². The Bertz CT molecular complexity index is 862. The number of ether oxygens (including phenoxy) is 3. The van der Waals surface area contributed by atoms with Gasteiger partial charge in [0.2, 0.25) is 0 Å². The van der Waals surface area contributed by atoms with Crippen molar-refractivity contribution in [3.05, 3.63) is 53.1 Å². The van der Waals surface area contributed by atoms with Gasteiger partial charge in [0.1, 0.15) is 0 Å². The number of amides is 1. The van der Waals surface area contributed by atoms with Gasteiger partial charge in [-0.05, 0) is 66.6 Å². The molecule has 1 amide bonds. The van der Waals surface area contributed by atoms with Crippen LogP contribution in [0.25, 0.3) is 0 Å². The average Bonchev–Trinajstić information content (AvgIpc) is 3.18. The lowest BCUT2D eigenvalue weighted by atomic mass is 10.1. The molecule has 0 heterocycles. The second-order valence-corrected chi connectivity index (χ2v) is 6.74. The quantitative estimate of drug-likeness (QED) is 0.708. The van der Waals surface area contributed by atoms with E-state index in [9.17, 15) is 9.59 Å². The van der Waals surface area contributed by atoms with Crippen LogP contribution in [0.2, 0.25) is 0 Å². The largest absolute Gasteiger partial charge is 0.493 e. The molecule has 0 atom stereocenters. The fraction of sp³-hybridized carbons (Fsp3) is 0.364. The van der Waals surface area contributed by atoms with Crippen LogP contribution in [-0.4, -0.2) is 32.7 Å². The second kappa shape index (κ2) is 9.26. The minimum atomic E-state index is -0.418. The van der Waals surface area contributed by atoms with Crippen LogP contribution in [0.4, 0.5) is 5.69 Å². The SMILES string of the molecule is COc1ccc(CCC(=O)OCC(=O)Nc2ccc3c(c2)CCC3)cc1OC. The predicted octanol–water partition coefficient (Wildman–Crippen LogP) is 3.31. The molecular formula is C22H25NO5. The van der Waals surface area contributed by atoms with Crippen molar-refractivity contribution in [2.75, 3.05) is 26.1 Å². The van der Waals surface area contributed by atoms with Crippen molar-refractivity contribution >= 4 is 17.6 Å². The fourth-order valence-electron chi connectivity index (χ4n) is 3.35. The van der Waals surface area contributed by atoms with Gasteiger partial charge in [-0.3, -0.25) is 9.59 Å². The first-order valence-corrected chi connectivity index (χ1v) is 9.37. The molecular weight excluding hydrogens is 358 g/mol. The molecule has 3 rings (SSSR count). The highest BCUT2D eigenvalue weighted by molar-refractivity contribution is 5.92. The van der Waals surface area contributed by atoms with Crippen LogP contribution >= 0.6 is 0 Å². The van der Waals surface area contributed by atoms with Crippen LogP contribution in [0.3, 0.4) is 0 Å². The van der Waals surface area contributed by atoms with Crippen molar-refractivity contribution < 1.29 is 23.8 Å². The summed E-state index contributed by atoms with van der Waals surface area (Å²) in [5, 5.41) is 2.78. The molecule has 0 aromatic heterocycles. The van der Waals surface area contributed by atoms with Gasteiger partial charge in [-0.15, -0.1) is 0 Å². The number of carbonyl (C=O) groups excluding carboxylic acids is 2. The summed E-state index contributed by atoms with van der Waals surface area (Å²) in [4.78, 5) is 24.0. The van der Waals surface area contributed by atoms with Crippen molar-refractivity contribution in [3.63, 3.8) is 0 Å². The summed E-state index contributed by atoms with van der Waals surface area (Å²) in [6, 6.07) is 11.4. The van der Waals surface area contributed by atoms with Crippen LogP contribution in [0.15, 0.2) is 36.4 Å². The first kappa shape index (κ1) is 19.7. The summed E-state index contributed by atoms with van der Waals surface area (Å²) in [6.45, 7) is -0.290. The molecule has 2 aromatic rings. The Morgan fingerprint density at radius 2 is 1.75 bits per heavy atom. The molecule has 1 aliphatic rings. The first-order chi connectivity index (χ1) is 13.6. The number of carbonyl (C=O) groups is 2. The number of hydrogen-bond donors (Lipinski definition) is 1. The lowest BCUT2D eigenvalue weighted by molar-refractivity contribution is -0.147. The summed E-state index contributed by atoms with van der Waals surface area (Å²) in [5.41, 5.74) is 4.30. The van der Waals surface area contributed by atoms with Crippen LogP contribution < -0.4 is 14.8 Å². The Morgan fingerprint density at radius 3 is 2.54 bits per heavy atom. The van der Waals surface area contributed by atoms with Crippen molar-refractivity contribution in [2.45, 2.75) is 32.1 Å². The summed E-state index contributed by atoms with van der Waals surface area (Å²) < 4.78 is 15.5. The molecule has 0 saturated heterocycles. The van der Waals surface area contributed by atoms with Gasteiger partial charge < -0.3 is 19.5 Å². The van der Waals surface area contributed by atoms with Crippen molar-refractivity contribution in [1.29, 1.82) is 0 Å². The molecule has 0 radical (unpaired) electrons. The van der Waals surface area contributed by atoms with Gasteiger partial charge in [0.15, 0.2) is 18.1 Å². The predicted molar refractivity (Wildman–Crippen MR) is 106 cm³/mol. The van der Waals surface area contributed by atoms with Crippen molar-refractivity contribution in [1.82, 2.24) is 0 Å². The summed E-state index contributed by atoms with van der Waals surface area (Å²) >= 11 is 0. The van der Waals surface area contributed by atoms with Gasteiger partial charge in [0.05, 0.1) is 14.2 Å². The molecule has 6 nitrogen and oxygen atoms in total. The topological polar surface area (TPSA) is 73.9 Å². The maximum atomic E-state index is 12.0. The molecule has 148 valence electrons. The number of hydrogen-bond acceptors (Lipinski definition) is 5.